The standard InChI is InChI=1S/C7H9ClN2O.ClH/c1-11-7-4-5(10-9)2-3-6(7)8;/h2-4,10H,9H2,1H3;1H. The van der Waals surface area contributed by atoms with E-state index in [0.717, 1.165) is 5.69 Å². The summed E-state index contributed by atoms with van der Waals surface area (Å²) in [4.78, 5) is 0. The Balaban J connectivity index is 0.00000121. The second kappa shape index (κ2) is 5.09. The Morgan fingerprint density at radius 2 is 2.17 bits per heavy atom. The third kappa shape index (κ3) is 2.44. The van der Waals surface area contributed by atoms with Gasteiger partial charge in [-0.25, -0.2) is 0 Å². The summed E-state index contributed by atoms with van der Waals surface area (Å²) >= 11 is 5.76. The quantitative estimate of drug-likeness (QED) is 0.578. The van der Waals surface area contributed by atoms with Crippen LogP contribution in [0.4, 0.5) is 5.69 Å². The average molecular weight is 209 g/mol. The summed E-state index contributed by atoms with van der Waals surface area (Å²) in [7, 11) is 1.56. The van der Waals surface area contributed by atoms with Gasteiger partial charge in [0.25, 0.3) is 0 Å². The minimum absolute atomic E-state index is 0. The topological polar surface area (TPSA) is 47.3 Å². The van der Waals surface area contributed by atoms with Gasteiger partial charge in [0.2, 0.25) is 0 Å². The Morgan fingerprint density at radius 1 is 1.50 bits per heavy atom. The highest BCUT2D eigenvalue weighted by atomic mass is 35.5. The van der Waals surface area contributed by atoms with E-state index in [-0.39, 0.29) is 12.4 Å². The van der Waals surface area contributed by atoms with Gasteiger partial charge in [0.05, 0.1) is 17.8 Å². The van der Waals surface area contributed by atoms with Crippen molar-refractivity contribution in [2.75, 3.05) is 12.5 Å². The van der Waals surface area contributed by atoms with Crippen molar-refractivity contribution in [1.29, 1.82) is 0 Å². The van der Waals surface area contributed by atoms with E-state index in [0.29, 0.717) is 10.8 Å². The predicted molar refractivity (Wildman–Crippen MR) is 53.1 cm³/mol. The van der Waals surface area contributed by atoms with Gasteiger partial charge in [0.1, 0.15) is 5.75 Å². The molecule has 0 unspecified atom stereocenters. The van der Waals surface area contributed by atoms with E-state index < -0.39 is 0 Å². The number of halogens is 2. The lowest BCUT2D eigenvalue weighted by molar-refractivity contribution is 0.415. The third-order valence-corrected chi connectivity index (χ3v) is 1.63. The number of benzene rings is 1. The van der Waals surface area contributed by atoms with Gasteiger partial charge >= 0.3 is 0 Å². The summed E-state index contributed by atoms with van der Waals surface area (Å²) in [5.41, 5.74) is 3.26. The fraction of sp³-hybridized carbons (Fsp3) is 0.143. The smallest absolute Gasteiger partial charge is 0.139 e. The molecule has 1 aromatic carbocycles. The van der Waals surface area contributed by atoms with Crippen LogP contribution in [0.2, 0.25) is 5.02 Å². The summed E-state index contributed by atoms with van der Waals surface area (Å²) < 4.78 is 4.96. The molecule has 0 bridgehead atoms. The van der Waals surface area contributed by atoms with Crippen LogP contribution < -0.4 is 16.0 Å². The second-order valence-electron chi connectivity index (χ2n) is 1.99. The number of methoxy groups -OCH3 is 1. The minimum Gasteiger partial charge on any atom is -0.495 e. The van der Waals surface area contributed by atoms with Gasteiger partial charge in [-0.15, -0.1) is 12.4 Å². The monoisotopic (exact) mass is 208 g/mol. The number of nitrogens with one attached hydrogen (secondary N) is 1. The van der Waals surface area contributed by atoms with Crippen LogP contribution >= 0.6 is 24.0 Å². The Labute approximate surface area is 82.2 Å². The summed E-state index contributed by atoms with van der Waals surface area (Å²) in [5.74, 6) is 5.79. The van der Waals surface area contributed by atoms with Crippen LogP contribution in [0, 0.1) is 0 Å². The van der Waals surface area contributed by atoms with Crippen LogP contribution in [-0.2, 0) is 0 Å². The first-order chi connectivity index (χ1) is 5.27. The van der Waals surface area contributed by atoms with E-state index in [4.69, 9.17) is 22.2 Å². The molecule has 68 valence electrons. The lowest BCUT2D eigenvalue weighted by atomic mass is 10.3. The molecular weight excluding hydrogens is 199 g/mol. The van der Waals surface area contributed by atoms with Crippen LogP contribution in [-0.4, -0.2) is 7.11 Å². The molecule has 0 aliphatic carbocycles. The van der Waals surface area contributed by atoms with Gasteiger partial charge in [0.15, 0.2) is 0 Å². The molecule has 0 heterocycles. The molecule has 0 saturated heterocycles. The molecule has 1 rings (SSSR count). The number of hydrazine groups is 1. The van der Waals surface area contributed by atoms with E-state index in [9.17, 15) is 0 Å². The van der Waals surface area contributed by atoms with E-state index in [1.165, 1.54) is 0 Å². The number of nitrogens with two attached hydrogens (primary N) is 1. The normalized spacial score (nSPS) is 8.58. The molecule has 0 fully saturated rings. The molecule has 0 spiro atoms. The SMILES string of the molecule is COc1cc(NN)ccc1Cl.Cl. The predicted octanol–water partition coefficient (Wildman–Crippen LogP) is 2.06. The second-order valence-corrected chi connectivity index (χ2v) is 2.40. The van der Waals surface area contributed by atoms with E-state index in [1.54, 1.807) is 25.3 Å². The van der Waals surface area contributed by atoms with Crippen molar-refractivity contribution in [2.45, 2.75) is 0 Å². The van der Waals surface area contributed by atoms with Crippen LogP contribution in [0.15, 0.2) is 18.2 Å². The van der Waals surface area contributed by atoms with Crippen molar-refractivity contribution >= 4 is 29.7 Å². The van der Waals surface area contributed by atoms with Crippen molar-refractivity contribution in [1.82, 2.24) is 0 Å². The van der Waals surface area contributed by atoms with Crippen LogP contribution in [0.3, 0.4) is 0 Å². The lowest BCUT2D eigenvalue weighted by Crippen LogP contribution is -2.06. The first-order valence-corrected chi connectivity index (χ1v) is 3.46. The number of rotatable bonds is 2. The van der Waals surface area contributed by atoms with Crippen molar-refractivity contribution in [2.24, 2.45) is 5.84 Å². The van der Waals surface area contributed by atoms with Gasteiger partial charge in [-0.05, 0) is 12.1 Å². The summed E-state index contributed by atoms with van der Waals surface area (Å²) in [5, 5.41) is 0.575. The third-order valence-electron chi connectivity index (χ3n) is 1.32. The molecule has 3 nitrogen and oxygen atoms in total. The molecular formula is C7H10Cl2N2O. The Bertz CT molecular complexity index is 255. The van der Waals surface area contributed by atoms with Crippen LogP contribution in [0.1, 0.15) is 0 Å². The molecule has 3 N–H and O–H groups in total. The summed E-state index contributed by atoms with van der Waals surface area (Å²) in [6.45, 7) is 0. The average Bonchev–Trinajstić information content (AvgIpc) is 2.05. The molecule has 0 amide bonds. The number of hydrogen-bond donors (Lipinski definition) is 2. The number of anilines is 1. The molecule has 0 aliphatic rings. The Kier molecular flexibility index (Phi) is 4.81. The first-order valence-electron chi connectivity index (χ1n) is 3.08. The maximum absolute atomic E-state index is 5.76. The van der Waals surface area contributed by atoms with E-state index in [1.807, 2.05) is 0 Å². The van der Waals surface area contributed by atoms with Gasteiger partial charge in [0, 0.05) is 6.07 Å². The lowest BCUT2D eigenvalue weighted by Gasteiger charge is -2.04. The maximum atomic E-state index is 5.76. The molecule has 0 radical (unpaired) electrons. The largest absolute Gasteiger partial charge is 0.495 e. The maximum Gasteiger partial charge on any atom is 0.139 e. The number of nitrogen functional groups attached to an aromatic ring is 1. The van der Waals surface area contributed by atoms with Crippen LogP contribution in [0.5, 0.6) is 5.75 Å². The highest BCUT2D eigenvalue weighted by Crippen LogP contribution is 2.26. The van der Waals surface area contributed by atoms with Crippen LogP contribution in [0.25, 0.3) is 0 Å². The summed E-state index contributed by atoms with van der Waals surface area (Å²) in [6.07, 6.45) is 0. The van der Waals surface area contributed by atoms with Gasteiger partial charge in [-0.2, -0.15) is 0 Å². The van der Waals surface area contributed by atoms with Crippen molar-refractivity contribution in [3.05, 3.63) is 23.2 Å². The van der Waals surface area contributed by atoms with Gasteiger partial charge in [-0.3, -0.25) is 5.84 Å². The fourth-order valence-electron chi connectivity index (χ4n) is 0.750. The summed E-state index contributed by atoms with van der Waals surface area (Å²) in [6, 6.07) is 5.21. The molecule has 0 saturated carbocycles. The molecule has 1 aromatic rings. The number of ether oxygens (including phenoxy) is 1. The van der Waals surface area contributed by atoms with Crippen molar-refractivity contribution < 1.29 is 4.74 Å². The fourth-order valence-corrected chi connectivity index (χ4v) is 0.944. The molecule has 5 heteroatoms. The van der Waals surface area contributed by atoms with Crippen molar-refractivity contribution in [3.8, 4) is 5.75 Å². The minimum atomic E-state index is 0. The zero-order valence-corrected chi connectivity index (χ0v) is 8.08. The Hall–Kier alpha value is -0.640. The highest BCUT2D eigenvalue weighted by molar-refractivity contribution is 6.32. The van der Waals surface area contributed by atoms with E-state index >= 15 is 0 Å². The van der Waals surface area contributed by atoms with Gasteiger partial charge in [-0.1, -0.05) is 11.6 Å². The first kappa shape index (κ1) is 11.4. The molecule has 12 heavy (non-hydrogen) atoms. The van der Waals surface area contributed by atoms with Gasteiger partial charge < -0.3 is 10.2 Å². The highest BCUT2D eigenvalue weighted by Gasteiger charge is 1.99. The number of hydrogen-bond acceptors (Lipinski definition) is 3. The van der Waals surface area contributed by atoms with E-state index in [2.05, 4.69) is 5.43 Å². The molecule has 0 aliphatic heterocycles. The Morgan fingerprint density at radius 3 is 2.67 bits per heavy atom. The van der Waals surface area contributed by atoms with Crippen molar-refractivity contribution in [3.63, 3.8) is 0 Å². The molecule has 0 atom stereocenters. The zero-order valence-electron chi connectivity index (χ0n) is 6.50. The molecule has 0 aromatic heterocycles. The zero-order chi connectivity index (χ0) is 8.27.